The van der Waals surface area contributed by atoms with Gasteiger partial charge in [-0.25, -0.2) is 0 Å². The lowest BCUT2D eigenvalue weighted by atomic mass is 9.49. The number of nitrogens with one attached hydrogen (secondary N) is 2. The Hall–Kier alpha value is -3.15. The Labute approximate surface area is 212 Å². The summed E-state index contributed by atoms with van der Waals surface area (Å²) < 4.78 is 0. The number of hydrogen-bond donors (Lipinski definition) is 2. The van der Waals surface area contributed by atoms with Crippen molar-refractivity contribution in [1.82, 2.24) is 4.90 Å². The molecule has 0 spiro atoms. The first kappa shape index (κ1) is 23.3. The van der Waals surface area contributed by atoms with Gasteiger partial charge in [0.1, 0.15) is 6.04 Å². The van der Waals surface area contributed by atoms with Gasteiger partial charge in [0.05, 0.1) is 5.41 Å². The van der Waals surface area contributed by atoms with Crippen LogP contribution in [0.15, 0.2) is 48.5 Å². The molecule has 4 bridgehead atoms. The van der Waals surface area contributed by atoms with Gasteiger partial charge in [-0.2, -0.15) is 0 Å². The minimum Gasteiger partial charge on any atom is -0.330 e. The molecule has 1 atom stereocenters. The van der Waals surface area contributed by atoms with Gasteiger partial charge >= 0.3 is 0 Å². The number of hydrogen-bond acceptors (Lipinski definition) is 3. The second kappa shape index (κ2) is 9.06. The quantitative estimate of drug-likeness (QED) is 0.596. The molecule has 1 saturated heterocycles. The Kier molecular flexibility index (Phi) is 5.85. The molecule has 36 heavy (non-hydrogen) atoms. The SMILES string of the molecule is Cc1c(NC(=O)c2ccccc2)cccc1NC(=O)C1CCCN1C(=O)C12CC3CC(CC(C3)C1)C2. The van der Waals surface area contributed by atoms with E-state index in [9.17, 15) is 14.4 Å². The van der Waals surface area contributed by atoms with Gasteiger partial charge in [0.2, 0.25) is 11.8 Å². The van der Waals surface area contributed by atoms with Crippen molar-refractivity contribution in [2.24, 2.45) is 23.2 Å². The third-order valence-electron chi connectivity index (χ3n) is 9.18. The zero-order chi connectivity index (χ0) is 24.9. The third-order valence-corrected chi connectivity index (χ3v) is 9.18. The minimum absolute atomic E-state index is 0.125. The van der Waals surface area contributed by atoms with E-state index in [4.69, 9.17) is 0 Å². The number of benzene rings is 2. The third kappa shape index (κ3) is 4.10. The highest BCUT2D eigenvalue weighted by atomic mass is 16.2. The number of anilines is 2. The van der Waals surface area contributed by atoms with Crippen LogP contribution in [0.1, 0.15) is 67.3 Å². The summed E-state index contributed by atoms with van der Waals surface area (Å²) in [5, 5.41) is 6.04. The number of rotatable bonds is 5. The number of likely N-dealkylation sites (tertiary alicyclic amines) is 1. The molecule has 4 aliphatic carbocycles. The Morgan fingerprint density at radius 2 is 1.44 bits per heavy atom. The van der Waals surface area contributed by atoms with Crippen LogP contribution in [-0.2, 0) is 9.59 Å². The van der Waals surface area contributed by atoms with Crippen LogP contribution in [0.5, 0.6) is 0 Å². The highest BCUT2D eigenvalue weighted by Crippen LogP contribution is 2.60. The van der Waals surface area contributed by atoms with Gasteiger partial charge in [0.25, 0.3) is 5.91 Å². The average Bonchev–Trinajstić information content (AvgIpc) is 3.36. The highest BCUT2D eigenvalue weighted by molar-refractivity contribution is 6.05. The van der Waals surface area contributed by atoms with E-state index in [1.807, 2.05) is 48.2 Å². The van der Waals surface area contributed by atoms with Gasteiger partial charge in [-0.3, -0.25) is 14.4 Å². The molecule has 4 saturated carbocycles. The highest BCUT2D eigenvalue weighted by Gasteiger charge is 2.56. The summed E-state index contributed by atoms with van der Waals surface area (Å²) in [6, 6.07) is 14.2. The van der Waals surface area contributed by atoms with E-state index in [0.717, 1.165) is 31.2 Å². The van der Waals surface area contributed by atoms with Crippen LogP contribution in [-0.4, -0.2) is 35.2 Å². The molecule has 3 amide bonds. The zero-order valence-electron chi connectivity index (χ0n) is 21.0. The summed E-state index contributed by atoms with van der Waals surface area (Å²) in [5.74, 6) is 2.02. The van der Waals surface area contributed by atoms with Crippen molar-refractivity contribution in [2.75, 3.05) is 17.2 Å². The van der Waals surface area contributed by atoms with Crippen LogP contribution in [0.3, 0.4) is 0 Å². The van der Waals surface area contributed by atoms with E-state index in [1.165, 1.54) is 19.3 Å². The number of carbonyl (C=O) groups is 3. The van der Waals surface area contributed by atoms with E-state index < -0.39 is 6.04 Å². The Balaban J connectivity index is 1.16. The molecule has 1 aliphatic heterocycles. The zero-order valence-corrected chi connectivity index (χ0v) is 21.0. The van der Waals surface area contributed by atoms with Crippen LogP contribution < -0.4 is 10.6 Å². The molecule has 6 nitrogen and oxygen atoms in total. The monoisotopic (exact) mass is 485 g/mol. The largest absolute Gasteiger partial charge is 0.330 e. The van der Waals surface area contributed by atoms with Crippen molar-refractivity contribution in [3.05, 3.63) is 59.7 Å². The summed E-state index contributed by atoms with van der Waals surface area (Å²) in [5.41, 5.74) is 2.48. The Morgan fingerprint density at radius 3 is 2.08 bits per heavy atom. The first-order valence-corrected chi connectivity index (χ1v) is 13.5. The predicted octanol–water partition coefficient (Wildman–Crippen LogP) is 5.39. The van der Waals surface area contributed by atoms with E-state index in [-0.39, 0.29) is 23.1 Å². The second-order valence-corrected chi connectivity index (χ2v) is 11.6. The molecule has 7 rings (SSSR count). The Morgan fingerprint density at radius 1 is 0.833 bits per heavy atom. The maximum absolute atomic E-state index is 13.9. The van der Waals surface area contributed by atoms with Crippen molar-refractivity contribution in [3.8, 4) is 0 Å². The fourth-order valence-corrected chi connectivity index (χ4v) is 7.87. The first-order valence-electron chi connectivity index (χ1n) is 13.5. The van der Waals surface area contributed by atoms with Crippen molar-refractivity contribution >= 4 is 29.1 Å². The van der Waals surface area contributed by atoms with Gasteiger partial charge in [-0.1, -0.05) is 24.3 Å². The minimum atomic E-state index is -0.424. The normalized spacial score (nSPS) is 30.3. The van der Waals surface area contributed by atoms with Crippen LogP contribution >= 0.6 is 0 Å². The topological polar surface area (TPSA) is 78.5 Å². The van der Waals surface area contributed by atoms with Crippen LogP contribution in [0.4, 0.5) is 11.4 Å². The smallest absolute Gasteiger partial charge is 0.255 e. The van der Waals surface area contributed by atoms with Crippen molar-refractivity contribution in [3.63, 3.8) is 0 Å². The fourth-order valence-electron chi connectivity index (χ4n) is 7.87. The molecule has 5 aliphatic rings. The van der Waals surface area contributed by atoms with Gasteiger partial charge in [-0.15, -0.1) is 0 Å². The molecule has 1 unspecified atom stereocenters. The summed E-state index contributed by atoms with van der Waals surface area (Å²) in [6.07, 6.45) is 8.52. The lowest BCUT2D eigenvalue weighted by Crippen LogP contribution is -2.56. The second-order valence-electron chi connectivity index (χ2n) is 11.6. The molecule has 0 aromatic heterocycles. The molecule has 2 aromatic carbocycles. The van der Waals surface area contributed by atoms with Crippen molar-refractivity contribution < 1.29 is 14.4 Å². The van der Waals surface area contributed by atoms with Crippen LogP contribution in [0, 0.1) is 30.1 Å². The molecule has 1 heterocycles. The predicted molar refractivity (Wildman–Crippen MR) is 140 cm³/mol. The lowest BCUT2D eigenvalue weighted by molar-refractivity contribution is -0.160. The van der Waals surface area contributed by atoms with Crippen molar-refractivity contribution in [2.45, 2.75) is 64.3 Å². The first-order chi connectivity index (χ1) is 17.4. The molecular weight excluding hydrogens is 450 g/mol. The van der Waals surface area contributed by atoms with E-state index in [1.54, 1.807) is 12.1 Å². The van der Waals surface area contributed by atoms with Gasteiger partial charge in [-0.05, 0) is 106 Å². The number of carbonyl (C=O) groups excluding carboxylic acids is 3. The molecule has 0 radical (unpaired) electrons. The lowest BCUT2D eigenvalue weighted by Gasteiger charge is -2.56. The van der Waals surface area contributed by atoms with Crippen LogP contribution in [0.25, 0.3) is 0 Å². The summed E-state index contributed by atoms with van der Waals surface area (Å²) in [6.45, 7) is 2.56. The van der Waals surface area contributed by atoms with E-state index in [0.29, 0.717) is 47.7 Å². The molecule has 2 N–H and O–H groups in total. The molecule has 5 fully saturated rings. The number of amides is 3. The van der Waals surface area contributed by atoms with Gasteiger partial charge in [0.15, 0.2) is 0 Å². The number of nitrogens with zero attached hydrogens (tertiary/aromatic N) is 1. The summed E-state index contributed by atoms with van der Waals surface area (Å²) in [4.78, 5) is 42.0. The van der Waals surface area contributed by atoms with E-state index in [2.05, 4.69) is 10.6 Å². The summed E-state index contributed by atoms with van der Waals surface area (Å²) in [7, 11) is 0. The molecule has 6 heteroatoms. The summed E-state index contributed by atoms with van der Waals surface area (Å²) >= 11 is 0. The fraction of sp³-hybridized carbons (Fsp3) is 0.500. The Bertz CT molecular complexity index is 1160. The standard InChI is InChI=1S/C30H35N3O3/c1-19-24(31-27(34)23-7-3-2-4-8-23)9-5-10-25(19)32-28(35)26-11-6-12-33(26)29(36)30-16-20-13-21(17-30)15-22(14-20)18-30/h2-5,7-10,20-22,26H,6,11-18H2,1H3,(H,31,34)(H,32,35). The van der Waals surface area contributed by atoms with Crippen molar-refractivity contribution in [1.29, 1.82) is 0 Å². The van der Waals surface area contributed by atoms with Crippen LogP contribution in [0.2, 0.25) is 0 Å². The van der Waals surface area contributed by atoms with E-state index >= 15 is 0 Å². The maximum Gasteiger partial charge on any atom is 0.255 e. The molecule has 2 aromatic rings. The average molecular weight is 486 g/mol. The molecule has 188 valence electrons. The van der Waals surface area contributed by atoms with Gasteiger partial charge in [0, 0.05) is 23.5 Å². The molecular formula is C30H35N3O3. The maximum atomic E-state index is 13.9. The van der Waals surface area contributed by atoms with Gasteiger partial charge < -0.3 is 15.5 Å².